The van der Waals surface area contributed by atoms with Gasteiger partial charge in [0.1, 0.15) is 0 Å². The summed E-state index contributed by atoms with van der Waals surface area (Å²) in [5.74, 6) is -0.930. The molecule has 0 aromatic rings. The zero-order valence-corrected chi connectivity index (χ0v) is 5.29. The van der Waals surface area contributed by atoms with Crippen molar-refractivity contribution in [2.24, 2.45) is 0 Å². The lowest BCUT2D eigenvalue weighted by atomic mass is 10.3. The van der Waals surface area contributed by atoms with E-state index in [0.29, 0.717) is 6.42 Å². The van der Waals surface area contributed by atoms with E-state index in [1.54, 1.807) is 0 Å². The predicted molar refractivity (Wildman–Crippen MR) is 31.0 cm³/mol. The molecule has 0 saturated carbocycles. The molecule has 0 aliphatic carbocycles. The van der Waals surface area contributed by atoms with E-state index in [0.717, 1.165) is 0 Å². The number of hydrogen-bond donors (Lipinski definition) is 2. The molecular weight excluding hydrogens is 138 g/mol. The maximum absolute atomic E-state index is 9.85. The monoisotopic (exact) mass is 146 g/mol. The summed E-state index contributed by atoms with van der Waals surface area (Å²) in [6.07, 6.45) is -1.10. The van der Waals surface area contributed by atoms with Gasteiger partial charge in [0, 0.05) is 13.0 Å². The summed E-state index contributed by atoms with van der Waals surface area (Å²) in [5.41, 5.74) is 0. The van der Waals surface area contributed by atoms with Gasteiger partial charge in [-0.05, 0) is 6.42 Å². The number of carboxylic acids is 1. The SMILES string of the molecule is [O]C(=O)NCCCC(=O)O. The minimum atomic E-state index is -1.37. The third kappa shape index (κ3) is 6.74. The van der Waals surface area contributed by atoms with Crippen LogP contribution in [0.3, 0.4) is 0 Å². The second kappa shape index (κ2) is 4.60. The molecule has 0 fully saturated rings. The molecule has 0 bridgehead atoms. The summed E-state index contributed by atoms with van der Waals surface area (Å²) in [6.45, 7) is 0.134. The summed E-state index contributed by atoms with van der Waals surface area (Å²) in [6, 6.07) is 0. The number of aliphatic carboxylic acids is 1. The number of carbonyl (C=O) groups excluding carboxylic acids is 1. The molecule has 0 aliphatic heterocycles. The third-order valence-corrected chi connectivity index (χ3v) is 0.837. The molecule has 1 amide bonds. The highest BCUT2D eigenvalue weighted by molar-refractivity contribution is 5.67. The molecule has 0 atom stereocenters. The molecule has 1 radical (unpaired) electrons. The van der Waals surface area contributed by atoms with Crippen molar-refractivity contribution in [3.63, 3.8) is 0 Å². The van der Waals surface area contributed by atoms with Gasteiger partial charge in [-0.15, -0.1) is 0 Å². The van der Waals surface area contributed by atoms with Gasteiger partial charge in [0.25, 0.3) is 0 Å². The summed E-state index contributed by atoms with van der Waals surface area (Å²) in [7, 11) is 0. The average Bonchev–Trinajstić information content (AvgIpc) is 1.79. The number of nitrogens with one attached hydrogen (secondary N) is 1. The number of carbonyl (C=O) groups is 2. The van der Waals surface area contributed by atoms with Gasteiger partial charge >= 0.3 is 12.1 Å². The van der Waals surface area contributed by atoms with Crippen LogP contribution in [0.5, 0.6) is 0 Å². The van der Waals surface area contributed by atoms with Crippen LogP contribution in [-0.2, 0) is 9.90 Å². The Kier molecular flexibility index (Phi) is 4.02. The Balaban J connectivity index is 3.06. The average molecular weight is 146 g/mol. The smallest absolute Gasteiger partial charge is 0.450 e. The standard InChI is InChI=1S/C5H8NO4/c7-4(8)2-1-3-6-5(9)10/h6H,1-3H2,(H,7,8). The van der Waals surface area contributed by atoms with E-state index in [9.17, 15) is 14.7 Å². The normalized spacial score (nSPS) is 8.80. The molecule has 10 heavy (non-hydrogen) atoms. The number of amides is 1. The van der Waals surface area contributed by atoms with Crippen molar-refractivity contribution in [2.75, 3.05) is 6.54 Å². The van der Waals surface area contributed by atoms with Gasteiger partial charge < -0.3 is 10.4 Å². The van der Waals surface area contributed by atoms with E-state index in [1.165, 1.54) is 0 Å². The predicted octanol–water partition coefficient (Wildman–Crippen LogP) is -0.00870. The maximum atomic E-state index is 9.85. The molecule has 0 aromatic carbocycles. The largest absolute Gasteiger partial charge is 0.481 e. The van der Waals surface area contributed by atoms with E-state index in [1.807, 2.05) is 5.32 Å². The highest BCUT2D eigenvalue weighted by Gasteiger charge is 1.98. The summed E-state index contributed by atoms with van der Waals surface area (Å²) >= 11 is 0. The minimum Gasteiger partial charge on any atom is -0.481 e. The van der Waals surface area contributed by atoms with Gasteiger partial charge in [-0.1, -0.05) is 0 Å². The van der Waals surface area contributed by atoms with Crippen LogP contribution in [0.25, 0.3) is 0 Å². The fraction of sp³-hybridized carbons (Fsp3) is 0.600. The maximum Gasteiger partial charge on any atom is 0.450 e. The molecule has 0 spiro atoms. The quantitative estimate of drug-likeness (QED) is 0.547. The van der Waals surface area contributed by atoms with Crippen LogP contribution in [0.4, 0.5) is 4.79 Å². The van der Waals surface area contributed by atoms with Crippen molar-refractivity contribution in [3.8, 4) is 0 Å². The zero-order chi connectivity index (χ0) is 7.98. The van der Waals surface area contributed by atoms with E-state index >= 15 is 0 Å². The Hall–Kier alpha value is -1.26. The molecule has 0 aliphatic rings. The van der Waals surface area contributed by atoms with E-state index in [4.69, 9.17) is 5.11 Å². The third-order valence-electron chi connectivity index (χ3n) is 0.837. The van der Waals surface area contributed by atoms with Gasteiger partial charge in [-0.25, -0.2) is 9.90 Å². The van der Waals surface area contributed by atoms with Gasteiger partial charge in [0.15, 0.2) is 0 Å². The molecule has 5 heteroatoms. The van der Waals surface area contributed by atoms with Crippen LogP contribution < -0.4 is 5.32 Å². The van der Waals surface area contributed by atoms with Crippen LogP contribution in [0, 0.1) is 0 Å². The molecule has 0 aromatic heterocycles. The highest BCUT2D eigenvalue weighted by atomic mass is 16.4. The molecule has 0 saturated heterocycles. The Labute approximate surface area is 57.7 Å². The summed E-state index contributed by atoms with van der Waals surface area (Å²) in [5, 5.41) is 19.7. The lowest BCUT2D eigenvalue weighted by Gasteiger charge is -1.94. The fourth-order valence-electron chi connectivity index (χ4n) is 0.430. The fourth-order valence-corrected chi connectivity index (χ4v) is 0.430. The second-order valence-corrected chi connectivity index (χ2v) is 1.71. The van der Waals surface area contributed by atoms with Crippen LogP contribution in [0.1, 0.15) is 12.8 Å². The first-order chi connectivity index (χ1) is 4.63. The molecule has 0 unspecified atom stereocenters. The van der Waals surface area contributed by atoms with E-state index in [-0.39, 0.29) is 13.0 Å². The lowest BCUT2D eigenvalue weighted by molar-refractivity contribution is -0.137. The van der Waals surface area contributed by atoms with Crippen LogP contribution in [0.15, 0.2) is 0 Å². The first-order valence-electron chi connectivity index (χ1n) is 2.79. The number of hydrogen-bond acceptors (Lipinski definition) is 2. The summed E-state index contributed by atoms with van der Waals surface area (Å²) < 4.78 is 0. The van der Waals surface area contributed by atoms with Crippen molar-refractivity contribution >= 4 is 12.1 Å². The van der Waals surface area contributed by atoms with Gasteiger partial charge in [0.05, 0.1) is 0 Å². The van der Waals surface area contributed by atoms with Crippen molar-refractivity contribution in [2.45, 2.75) is 12.8 Å². The molecule has 0 rings (SSSR count). The Morgan fingerprint density at radius 2 is 2.00 bits per heavy atom. The molecule has 57 valence electrons. The van der Waals surface area contributed by atoms with Crippen molar-refractivity contribution in [1.82, 2.24) is 5.32 Å². The Morgan fingerprint density at radius 3 is 2.40 bits per heavy atom. The summed E-state index contributed by atoms with van der Waals surface area (Å²) in [4.78, 5) is 19.5. The van der Waals surface area contributed by atoms with Crippen LogP contribution in [0.2, 0.25) is 0 Å². The zero-order valence-electron chi connectivity index (χ0n) is 5.29. The molecule has 5 nitrogen and oxygen atoms in total. The molecular formula is C5H8NO4. The lowest BCUT2D eigenvalue weighted by Crippen LogP contribution is -2.21. The van der Waals surface area contributed by atoms with Crippen LogP contribution >= 0.6 is 0 Å². The Bertz CT molecular complexity index is 118. The van der Waals surface area contributed by atoms with E-state index < -0.39 is 12.1 Å². The second-order valence-electron chi connectivity index (χ2n) is 1.71. The van der Waals surface area contributed by atoms with Gasteiger partial charge in [0.2, 0.25) is 0 Å². The molecule has 2 N–H and O–H groups in total. The number of rotatable bonds is 4. The number of carboxylic acid groups (broad SMARTS) is 1. The topological polar surface area (TPSA) is 86.3 Å². The first-order valence-corrected chi connectivity index (χ1v) is 2.79. The van der Waals surface area contributed by atoms with Crippen molar-refractivity contribution in [1.29, 1.82) is 0 Å². The van der Waals surface area contributed by atoms with Gasteiger partial charge in [-0.2, -0.15) is 0 Å². The van der Waals surface area contributed by atoms with Crippen LogP contribution in [-0.4, -0.2) is 23.7 Å². The van der Waals surface area contributed by atoms with E-state index in [2.05, 4.69) is 0 Å². The van der Waals surface area contributed by atoms with Crippen molar-refractivity contribution in [3.05, 3.63) is 0 Å². The first kappa shape index (κ1) is 8.74. The Morgan fingerprint density at radius 1 is 1.40 bits per heavy atom. The van der Waals surface area contributed by atoms with Gasteiger partial charge in [-0.3, -0.25) is 4.79 Å². The van der Waals surface area contributed by atoms with Crippen molar-refractivity contribution < 1.29 is 19.8 Å². The molecule has 0 heterocycles. The minimum absolute atomic E-state index is 0.0275. The highest BCUT2D eigenvalue weighted by Crippen LogP contribution is 1.85.